The Hall–Kier alpha value is -1.30. The van der Waals surface area contributed by atoms with Crippen molar-refractivity contribution >= 4 is 11.8 Å². The standard InChI is InChI=1S/C11H15N3O2S/c1-7-5-15-13-9(7)4-10-12-11(16-14-10)8(2)6-17-3/h5,8H,4,6H2,1-3H3. The van der Waals surface area contributed by atoms with E-state index in [1.807, 2.05) is 6.92 Å². The molecule has 0 aliphatic carbocycles. The van der Waals surface area contributed by atoms with Gasteiger partial charge in [-0.05, 0) is 13.2 Å². The summed E-state index contributed by atoms with van der Waals surface area (Å²) < 4.78 is 10.1. The van der Waals surface area contributed by atoms with Gasteiger partial charge in [0.2, 0.25) is 5.89 Å². The van der Waals surface area contributed by atoms with Crippen molar-refractivity contribution in [2.24, 2.45) is 0 Å². The van der Waals surface area contributed by atoms with E-state index < -0.39 is 0 Å². The van der Waals surface area contributed by atoms with Gasteiger partial charge in [-0.15, -0.1) is 0 Å². The van der Waals surface area contributed by atoms with Gasteiger partial charge in [0.1, 0.15) is 6.26 Å². The van der Waals surface area contributed by atoms with Gasteiger partial charge >= 0.3 is 0 Å². The third-order valence-corrected chi connectivity index (χ3v) is 3.33. The molecule has 17 heavy (non-hydrogen) atoms. The van der Waals surface area contributed by atoms with Crippen LogP contribution >= 0.6 is 11.8 Å². The fraction of sp³-hybridized carbons (Fsp3) is 0.545. The predicted octanol–water partition coefficient (Wildman–Crippen LogP) is 2.42. The average molecular weight is 253 g/mol. The van der Waals surface area contributed by atoms with E-state index in [0.29, 0.717) is 18.1 Å². The van der Waals surface area contributed by atoms with Gasteiger partial charge in [0.15, 0.2) is 5.82 Å². The molecular weight excluding hydrogens is 238 g/mol. The largest absolute Gasteiger partial charge is 0.364 e. The van der Waals surface area contributed by atoms with Crippen LogP contribution in [0.1, 0.15) is 35.8 Å². The Labute approximate surface area is 104 Å². The zero-order valence-electron chi connectivity index (χ0n) is 10.1. The second-order valence-corrected chi connectivity index (χ2v) is 4.94. The van der Waals surface area contributed by atoms with Crippen molar-refractivity contribution < 1.29 is 9.05 Å². The number of aromatic nitrogens is 3. The van der Waals surface area contributed by atoms with Crippen molar-refractivity contribution in [1.82, 2.24) is 15.3 Å². The molecule has 0 fully saturated rings. The molecule has 2 aromatic rings. The third-order valence-electron chi connectivity index (χ3n) is 2.50. The van der Waals surface area contributed by atoms with Crippen LogP contribution in [0.2, 0.25) is 0 Å². The Morgan fingerprint density at radius 3 is 2.88 bits per heavy atom. The first kappa shape index (κ1) is 12.2. The molecule has 2 aromatic heterocycles. The van der Waals surface area contributed by atoms with Crippen molar-refractivity contribution in [3.63, 3.8) is 0 Å². The van der Waals surface area contributed by atoms with Crippen molar-refractivity contribution in [2.75, 3.05) is 12.0 Å². The first-order valence-electron chi connectivity index (χ1n) is 5.42. The Morgan fingerprint density at radius 2 is 2.24 bits per heavy atom. The molecule has 0 N–H and O–H groups in total. The van der Waals surface area contributed by atoms with Gasteiger partial charge in [-0.25, -0.2) is 0 Å². The van der Waals surface area contributed by atoms with E-state index in [-0.39, 0.29) is 5.92 Å². The number of aryl methyl sites for hydroxylation is 1. The molecular formula is C11H15N3O2S. The summed E-state index contributed by atoms with van der Waals surface area (Å²) in [5.74, 6) is 2.61. The summed E-state index contributed by atoms with van der Waals surface area (Å²) in [6.07, 6.45) is 4.23. The summed E-state index contributed by atoms with van der Waals surface area (Å²) in [4.78, 5) is 4.37. The molecule has 0 spiro atoms. The topological polar surface area (TPSA) is 65.0 Å². The van der Waals surface area contributed by atoms with Gasteiger partial charge in [-0.1, -0.05) is 17.2 Å². The maximum atomic E-state index is 5.23. The molecule has 0 aromatic carbocycles. The highest BCUT2D eigenvalue weighted by atomic mass is 32.2. The highest BCUT2D eigenvalue weighted by Gasteiger charge is 2.15. The monoisotopic (exact) mass is 253 g/mol. The highest BCUT2D eigenvalue weighted by Crippen LogP contribution is 2.18. The molecule has 2 rings (SSSR count). The molecule has 0 bridgehead atoms. The minimum Gasteiger partial charge on any atom is -0.364 e. The van der Waals surface area contributed by atoms with E-state index in [2.05, 4.69) is 28.5 Å². The second kappa shape index (κ2) is 5.35. The number of rotatable bonds is 5. The number of hydrogen-bond donors (Lipinski definition) is 0. The molecule has 0 radical (unpaired) electrons. The van der Waals surface area contributed by atoms with Crippen molar-refractivity contribution in [3.8, 4) is 0 Å². The van der Waals surface area contributed by atoms with Crippen LogP contribution in [0.5, 0.6) is 0 Å². The van der Waals surface area contributed by atoms with Crippen molar-refractivity contribution in [2.45, 2.75) is 26.2 Å². The van der Waals surface area contributed by atoms with E-state index in [1.165, 1.54) is 0 Å². The predicted molar refractivity (Wildman–Crippen MR) is 65.1 cm³/mol. The zero-order valence-corrected chi connectivity index (χ0v) is 11.0. The lowest BCUT2D eigenvalue weighted by molar-refractivity contribution is 0.362. The van der Waals surface area contributed by atoms with Crippen LogP contribution in [0.15, 0.2) is 15.3 Å². The molecule has 5 nitrogen and oxygen atoms in total. The molecule has 0 aliphatic rings. The van der Waals surface area contributed by atoms with E-state index in [9.17, 15) is 0 Å². The Kier molecular flexibility index (Phi) is 3.83. The summed E-state index contributed by atoms with van der Waals surface area (Å²) >= 11 is 1.77. The Morgan fingerprint density at radius 1 is 1.41 bits per heavy atom. The van der Waals surface area contributed by atoms with Crippen LogP contribution in [-0.2, 0) is 6.42 Å². The summed E-state index contributed by atoms with van der Waals surface area (Å²) in [6, 6.07) is 0. The van der Waals surface area contributed by atoms with E-state index in [4.69, 9.17) is 9.05 Å². The van der Waals surface area contributed by atoms with Gasteiger partial charge in [-0.2, -0.15) is 16.7 Å². The summed E-state index contributed by atoms with van der Waals surface area (Å²) in [6.45, 7) is 4.03. The Bertz CT molecular complexity index is 481. The molecule has 0 saturated carbocycles. The van der Waals surface area contributed by atoms with Gasteiger partial charge in [0.25, 0.3) is 0 Å². The lowest BCUT2D eigenvalue weighted by Gasteiger charge is -2.01. The normalized spacial score (nSPS) is 12.9. The summed E-state index contributed by atoms with van der Waals surface area (Å²) in [5.41, 5.74) is 1.86. The molecule has 2 heterocycles. The maximum Gasteiger partial charge on any atom is 0.230 e. The summed E-state index contributed by atoms with van der Waals surface area (Å²) in [7, 11) is 0. The van der Waals surface area contributed by atoms with Gasteiger partial charge < -0.3 is 9.05 Å². The first-order valence-corrected chi connectivity index (χ1v) is 6.81. The zero-order chi connectivity index (χ0) is 12.3. The SMILES string of the molecule is CSCC(C)c1nc(Cc2nocc2C)no1. The fourth-order valence-corrected chi connectivity index (χ4v) is 2.13. The number of thioether (sulfide) groups is 1. The van der Waals surface area contributed by atoms with Crippen molar-refractivity contribution in [1.29, 1.82) is 0 Å². The van der Waals surface area contributed by atoms with Gasteiger partial charge in [-0.3, -0.25) is 0 Å². The van der Waals surface area contributed by atoms with E-state index in [0.717, 1.165) is 17.0 Å². The molecule has 1 atom stereocenters. The lowest BCUT2D eigenvalue weighted by Crippen LogP contribution is -1.98. The van der Waals surface area contributed by atoms with E-state index >= 15 is 0 Å². The van der Waals surface area contributed by atoms with Gasteiger partial charge in [0.05, 0.1) is 12.1 Å². The van der Waals surface area contributed by atoms with Crippen LogP contribution < -0.4 is 0 Å². The molecule has 0 aliphatic heterocycles. The number of nitrogens with zero attached hydrogens (tertiary/aromatic N) is 3. The van der Waals surface area contributed by atoms with E-state index in [1.54, 1.807) is 18.0 Å². The third kappa shape index (κ3) is 2.88. The van der Waals surface area contributed by atoms with Crippen LogP contribution in [0.25, 0.3) is 0 Å². The fourth-order valence-electron chi connectivity index (χ4n) is 1.49. The highest BCUT2D eigenvalue weighted by molar-refractivity contribution is 7.98. The molecule has 92 valence electrons. The molecule has 1 unspecified atom stereocenters. The molecule has 0 amide bonds. The first-order chi connectivity index (χ1) is 8.20. The van der Waals surface area contributed by atoms with Crippen LogP contribution in [0, 0.1) is 6.92 Å². The van der Waals surface area contributed by atoms with Crippen LogP contribution in [0.3, 0.4) is 0 Å². The molecule has 6 heteroatoms. The maximum absolute atomic E-state index is 5.23. The molecule has 0 saturated heterocycles. The average Bonchev–Trinajstić information content (AvgIpc) is 2.90. The number of hydrogen-bond acceptors (Lipinski definition) is 6. The van der Waals surface area contributed by atoms with Gasteiger partial charge in [0, 0.05) is 17.2 Å². The van der Waals surface area contributed by atoms with Crippen LogP contribution in [-0.4, -0.2) is 27.3 Å². The van der Waals surface area contributed by atoms with Crippen molar-refractivity contribution in [3.05, 3.63) is 29.2 Å². The minimum absolute atomic E-state index is 0.282. The smallest absolute Gasteiger partial charge is 0.230 e. The minimum atomic E-state index is 0.282. The second-order valence-electron chi connectivity index (χ2n) is 4.03. The van der Waals surface area contributed by atoms with Crippen LogP contribution in [0.4, 0.5) is 0 Å². The summed E-state index contributed by atoms with van der Waals surface area (Å²) in [5, 5.41) is 7.86. The quantitative estimate of drug-likeness (QED) is 0.815. The lowest BCUT2D eigenvalue weighted by atomic mass is 10.2. The Balaban J connectivity index is 2.06.